The molecule has 0 radical (unpaired) electrons. The van der Waals surface area contributed by atoms with E-state index >= 15 is 0 Å². The molecule has 3 rings (SSSR count). The van der Waals surface area contributed by atoms with E-state index in [1.54, 1.807) is 6.20 Å². The summed E-state index contributed by atoms with van der Waals surface area (Å²) in [7, 11) is 0. The number of morpholine rings is 1. The highest BCUT2D eigenvalue weighted by Crippen LogP contribution is 2.28. The summed E-state index contributed by atoms with van der Waals surface area (Å²) in [5.41, 5.74) is 1.11. The molecule has 0 unspecified atom stereocenters. The maximum absolute atomic E-state index is 12.9. The number of benzene rings is 1. The summed E-state index contributed by atoms with van der Waals surface area (Å²) in [4.78, 5) is 19.9. The van der Waals surface area contributed by atoms with Crippen LogP contribution >= 0.6 is 11.3 Å². The summed E-state index contributed by atoms with van der Waals surface area (Å²) < 4.78 is 5.59. The first-order valence-corrected chi connectivity index (χ1v) is 8.38. The van der Waals surface area contributed by atoms with Crippen LogP contribution in [0.5, 0.6) is 0 Å². The van der Waals surface area contributed by atoms with Gasteiger partial charge in [-0.3, -0.25) is 4.79 Å². The number of amides is 1. The number of hydrogen-bond donors (Lipinski definition) is 0. The second kappa shape index (κ2) is 6.58. The largest absolute Gasteiger partial charge is 0.377 e. The van der Waals surface area contributed by atoms with Gasteiger partial charge in [0, 0.05) is 12.5 Å². The second-order valence-electron chi connectivity index (χ2n) is 5.72. The number of hydrogen-bond acceptors (Lipinski definition) is 4. The van der Waals surface area contributed by atoms with Crippen LogP contribution in [-0.4, -0.2) is 35.5 Å². The highest BCUT2D eigenvalue weighted by Gasteiger charge is 2.30. The van der Waals surface area contributed by atoms with Crippen molar-refractivity contribution in [3.05, 3.63) is 52.0 Å². The van der Waals surface area contributed by atoms with Gasteiger partial charge in [0.2, 0.25) is 0 Å². The van der Waals surface area contributed by atoms with Crippen molar-refractivity contribution in [1.29, 1.82) is 0 Å². The highest BCUT2D eigenvalue weighted by atomic mass is 32.1. The van der Waals surface area contributed by atoms with E-state index < -0.39 is 0 Å². The summed E-state index contributed by atoms with van der Waals surface area (Å²) in [6.07, 6.45) is 1.71. The zero-order valence-corrected chi connectivity index (χ0v) is 13.7. The maximum Gasteiger partial charge on any atom is 0.266 e. The van der Waals surface area contributed by atoms with Crippen LogP contribution in [0, 0.1) is 0 Å². The van der Waals surface area contributed by atoms with Crippen LogP contribution in [0.1, 0.15) is 46.0 Å². The first kappa shape index (κ1) is 15.2. The van der Waals surface area contributed by atoms with E-state index in [9.17, 15) is 4.79 Å². The molecule has 0 aliphatic carbocycles. The molecule has 1 amide bonds. The lowest BCUT2D eigenvalue weighted by Gasteiger charge is -2.35. The van der Waals surface area contributed by atoms with Crippen molar-refractivity contribution < 1.29 is 9.53 Å². The van der Waals surface area contributed by atoms with Gasteiger partial charge >= 0.3 is 0 Å². The Hall–Kier alpha value is -1.72. The van der Waals surface area contributed by atoms with Crippen LogP contribution in [0.15, 0.2) is 36.5 Å². The molecular weight excluding hydrogens is 296 g/mol. The molecule has 1 aliphatic heterocycles. The molecule has 0 spiro atoms. The molecule has 0 N–H and O–H groups in total. The first-order chi connectivity index (χ1) is 10.7. The third-order valence-corrected chi connectivity index (χ3v) is 5.09. The number of ether oxygens (including phenoxy) is 1. The minimum atomic E-state index is -0.0213. The van der Waals surface area contributed by atoms with Gasteiger partial charge in [-0.05, 0) is 5.56 Å². The molecule has 1 saturated heterocycles. The molecule has 22 heavy (non-hydrogen) atoms. The molecule has 4 nitrogen and oxygen atoms in total. The predicted molar refractivity (Wildman–Crippen MR) is 87.2 cm³/mol. The predicted octanol–water partition coefficient (Wildman–Crippen LogP) is 3.48. The summed E-state index contributed by atoms with van der Waals surface area (Å²) in [5, 5.41) is 1.01. The van der Waals surface area contributed by atoms with Gasteiger partial charge < -0.3 is 9.64 Å². The molecule has 5 heteroatoms. The standard InChI is InChI=1S/C17H20N2O2S/c1-12(2)16-18-10-15(22-16)17(20)19-8-9-21-11-14(19)13-6-4-3-5-7-13/h3-7,10,12,14H,8-9,11H2,1-2H3/t14-/m0/s1. The lowest BCUT2D eigenvalue weighted by Crippen LogP contribution is -2.43. The van der Waals surface area contributed by atoms with Crippen LogP contribution in [0.3, 0.4) is 0 Å². The summed E-state index contributed by atoms with van der Waals surface area (Å²) in [6.45, 7) is 5.94. The number of nitrogens with zero attached hydrogens (tertiary/aromatic N) is 2. The average Bonchev–Trinajstić information content (AvgIpc) is 3.05. The third-order valence-electron chi connectivity index (χ3n) is 3.80. The molecule has 2 heterocycles. The van der Waals surface area contributed by atoms with Crippen molar-refractivity contribution in [2.45, 2.75) is 25.8 Å². The van der Waals surface area contributed by atoms with Crippen LogP contribution in [0.25, 0.3) is 0 Å². The van der Waals surface area contributed by atoms with Crippen molar-refractivity contribution >= 4 is 17.2 Å². The third kappa shape index (κ3) is 3.05. The van der Waals surface area contributed by atoms with Gasteiger partial charge in [0.1, 0.15) is 4.88 Å². The zero-order valence-electron chi connectivity index (χ0n) is 12.9. The fraction of sp³-hybridized carbons (Fsp3) is 0.412. The van der Waals surface area contributed by atoms with Crippen molar-refractivity contribution in [2.24, 2.45) is 0 Å². The number of carbonyl (C=O) groups excluding carboxylic acids is 1. The normalized spacial score (nSPS) is 18.7. The zero-order chi connectivity index (χ0) is 15.5. The van der Waals surface area contributed by atoms with Gasteiger partial charge in [-0.25, -0.2) is 4.98 Å². The Morgan fingerprint density at radius 2 is 2.14 bits per heavy atom. The maximum atomic E-state index is 12.9. The van der Waals surface area contributed by atoms with Gasteiger partial charge in [0.25, 0.3) is 5.91 Å². The Morgan fingerprint density at radius 1 is 1.36 bits per heavy atom. The van der Waals surface area contributed by atoms with Crippen LogP contribution in [0.4, 0.5) is 0 Å². The Balaban J connectivity index is 1.85. The minimum Gasteiger partial charge on any atom is -0.377 e. The van der Waals surface area contributed by atoms with E-state index in [4.69, 9.17) is 4.74 Å². The van der Waals surface area contributed by atoms with Gasteiger partial charge in [0.15, 0.2) is 0 Å². The van der Waals surface area contributed by atoms with Gasteiger partial charge in [0.05, 0.1) is 30.5 Å². The Labute approximate surface area is 134 Å². The average molecular weight is 316 g/mol. The fourth-order valence-electron chi connectivity index (χ4n) is 2.59. The van der Waals surface area contributed by atoms with Crippen molar-refractivity contribution in [3.63, 3.8) is 0 Å². The molecular formula is C17H20N2O2S. The van der Waals surface area contributed by atoms with E-state index in [1.165, 1.54) is 11.3 Å². The van der Waals surface area contributed by atoms with E-state index in [2.05, 4.69) is 18.8 Å². The quantitative estimate of drug-likeness (QED) is 0.870. The van der Waals surface area contributed by atoms with E-state index in [0.717, 1.165) is 10.6 Å². The van der Waals surface area contributed by atoms with Crippen LogP contribution in [0.2, 0.25) is 0 Å². The number of rotatable bonds is 3. The minimum absolute atomic E-state index is 0.0213. The molecule has 1 aliphatic rings. The molecule has 1 fully saturated rings. The van der Waals surface area contributed by atoms with Crippen LogP contribution in [-0.2, 0) is 4.74 Å². The smallest absolute Gasteiger partial charge is 0.266 e. The lowest BCUT2D eigenvalue weighted by molar-refractivity contribution is -0.00244. The number of thiazole rings is 1. The van der Waals surface area contributed by atoms with E-state index in [1.807, 2.05) is 35.2 Å². The monoisotopic (exact) mass is 316 g/mol. The molecule has 1 aromatic carbocycles. The SMILES string of the molecule is CC(C)c1ncc(C(=O)N2CCOC[C@H]2c2ccccc2)s1. The highest BCUT2D eigenvalue weighted by molar-refractivity contribution is 7.13. The number of carbonyl (C=O) groups is 1. The van der Waals surface area contributed by atoms with Crippen LogP contribution < -0.4 is 0 Å². The van der Waals surface area contributed by atoms with Crippen molar-refractivity contribution in [2.75, 3.05) is 19.8 Å². The Morgan fingerprint density at radius 3 is 2.82 bits per heavy atom. The molecule has 0 bridgehead atoms. The first-order valence-electron chi connectivity index (χ1n) is 7.56. The summed E-state index contributed by atoms with van der Waals surface area (Å²) in [5.74, 6) is 0.405. The van der Waals surface area contributed by atoms with Crippen molar-refractivity contribution in [1.82, 2.24) is 9.88 Å². The summed E-state index contributed by atoms with van der Waals surface area (Å²) in [6, 6.07) is 10.0. The molecule has 0 saturated carbocycles. The van der Waals surface area contributed by atoms with E-state index in [0.29, 0.717) is 30.6 Å². The molecule has 1 atom stereocenters. The second-order valence-corrected chi connectivity index (χ2v) is 6.78. The summed E-state index contributed by atoms with van der Waals surface area (Å²) >= 11 is 1.50. The number of aromatic nitrogens is 1. The van der Waals surface area contributed by atoms with Gasteiger partial charge in [-0.1, -0.05) is 44.2 Å². The molecule has 116 valence electrons. The molecule has 2 aromatic rings. The topological polar surface area (TPSA) is 42.4 Å². The molecule has 1 aromatic heterocycles. The lowest BCUT2D eigenvalue weighted by atomic mass is 10.0. The van der Waals surface area contributed by atoms with E-state index in [-0.39, 0.29) is 11.9 Å². The fourth-order valence-corrected chi connectivity index (χ4v) is 3.47. The Kier molecular flexibility index (Phi) is 4.55. The Bertz CT molecular complexity index is 639. The van der Waals surface area contributed by atoms with Gasteiger partial charge in [-0.15, -0.1) is 11.3 Å². The van der Waals surface area contributed by atoms with Gasteiger partial charge in [-0.2, -0.15) is 0 Å². The van der Waals surface area contributed by atoms with Crippen molar-refractivity contribution in [3.8, 4) is 0 Å².